The molecule has 0 saturated heterocycles. The molecular weight excluding hydrogens is 2090 g/mol. The number of nitrogen functional groups attached to an aromatic ring is 3. The van der Waals surface area contributed by atoms with Gasteiger partial charge >= 0.3 is 0 Å². The highest BCUT2D eigenvalue weighted by Gasteiger charge is 2.39. The average Bonchev–Trinajstić information content (AvgIpc) is 1.59. The lowest BCUT2D eigenvalue weighted by Crippen LogP contribution is -2.38. The third-order valence-corrected chi connectivity index (χ3v) is 24.0. The lowest BCUT2D eigenvalue weighted by atomic mass is 10.2. The maximum Gasteiger partial charge on any atom is 0.237 e. The van der Waals surface area contributed by atoms with Crippen molar-refractivity contribution in [3.05, 3.63) is 182 Å². The van der Waals surface area contributed by atoms with Crippen LogP contribution in [-0.4, -0.2) is 241 Å². The number of carbonyl (C=O) groups is 1. The standard InChI is InChI=1S/C9H12BrN3Si.C9H11N5O3S.C9H11N5O2S.C8H11N5O2S.C8H7N5.C7H6BrN3O2S.C7H9N5O2S.C6H4BrN3.C4H3Br2N3/c1-14(2,3)5-4-7-9(11)12-6-8(10)13-7;1-6(15)12-13-8-5-10-9-7(11-8)3-4-14(9)18(2,16)17;1-6-11-12-8-5-10-9-7(14(6)8)3-4-13(9)17(2,15)16;1-9-12-7-5-10-8-6(11-7)3-4-13(8)16(2,14)15;1-5-11-12-7-4-10-8-6(13(5)7)2-3-9-8;1-14(12,13)11-3-2-5-7(11)9-4-6(8)10-5;1-15(13,14)12-3-2-5-7(12)9-4-6(10-5)11-8;7-5-3-9-6-4(10-5)1-2-8-6;5-2-1-8-4(7)3(6)9-2/h6H,1-3H3,(H2,11,12);3-5H,1-2H3,(H,11,13)(H,12,15);3-5,7,9H,1-2H3;3-5,9H,1-2H3,(H,11,12);2-4,9H,1H3;2-4H,1H3;2-4H,8H2,1H3,(H,10,11);1-3H,(H,8,9);1H,(H2,7,8). The van der Waals surface area contributed by atoms with E-state index < -0.39 is 64.4 Å². The summed E-state index contributed by atoms with van der Waals surface area (Å²) in [5.74, 6) is 12.2. The first kappa shape index (κ1) is 96.2. The number of sulfonamides is 1. The number of nitrogens with zero attached hydrogens (tertiary/aromatic N) is 27. The van der Waals surface area contributed by atoms with Crippen LogP contribution in [0.4, 0.5) is 29.1 Å². The molecule has 48 nitrogen and oxygen atoms in total. The number of amides is 1. The molecule has 16 aromatic rings. The Balaban J connectivity index is 0.000000149. The van der Waals surface area contributed by atoms with Gasteiger partial charge in [-0.25, -0.2) is 144 Å². The minimum atomic E-state index is -3.40. The first-order chi connectivity index (χ1) is 59.2. The number of anilines is 5. The number of aromatic nitrogens is 27. The summed E-state index contributed by atoms with van der Waals surface area (Å²) in [6, 6.07) is 9.99. The summed E-state index contributed by atoms with van der Waals surface area (Å²) >= 11 is 15.9. The molecule has 2 unspecified atom stereocenters. The van der Waals surface area contributed by atoms with Crippen LogP contribution in [0.1, 0.15) is 36.1 Å². The summed E-state index contributed by atoms with van der Waals surface area (Å²) in [6.07, 6.45) is 31.5. The number of nitrogens with two attached hydrogens (primary N) is 3. The number of rotatable bonds is 10. The molecule has 0 aliphatic carbocycles. The molecule has 1 amide bonds. The molecule has 0 aromatic carbocycles. The molecule has 2 atom stereocenters. The van der Waals surface area contributed by atoms with Crippen molar-refractivity contribution in [1.82, 2.24) is 145 Å². The minimum Gasteiger partial charge on any atom is -0.381 e. The quantitative estimate of drug-likeness (QED) is 0.0327. The number of halogens is 5. The molecule has 2 aliphatic rings. The van der Waals surface area contributed by atoms with E-state index in [0.717, 1.165) is 85.1 Å². The van der Waals surface area contributed by atoms with Gasteiger partial charge in [0, 0.05) is 57.4 Å². The molecule has 13 N–H and O–H groups in total. The van der Waals surface area contributed by atoms with E-state index in [9.17, 15) is 46.9 Å². The topological polar surface area (TPSA) is 647 Å². The van der Waals surface area contributed by atoms with E-state index in [1.165, 1.54) is 73.1 Å². The van der Waals surface area contributed by atoms with E-state index in [1.54, 1.807) is 62.4 Å². The van der Waals surface area contributed by atoms with Gasteiger partial charge in [-0.15, -0.1) is 25.9 Å². The monoisotopic (exact) mass is 2160 g/mol. The molecule has 59 heteroatoms. The molecule has 16 aromatic heterocycles. The molecular formula is C67H74Br5N37O11S5Si. The molecule has 2 aliphatic heterocycles. The van der Waals surface area contributed by atoms with Crippen LogP contribution in [0.15, 0.2) is 163 Å². The lowest BCUT2D eigenvalue weighted by Gasteiger charge is -2.28. The number of aryl methyl sites for hydroxylation is 2. The van der Waals surface area contributed by atoms with Gasteiger partial charge in [-0.05, 0) is 136 Å². The highest BCUT2D eigenvalue weighted by Crippen LogP contribution is 2.33. The Bertz CT molecular complexity index is 7460. The number of hydrazine groups is 3. The van der Waals surface area contributed by atoms with E-state index in [0.29, 0.717) is 92.4 Å². The van der Waals surface area contributed by atoms with Crippen LogP contribution in [-0.2, 0) is 54.9 Å². The van der Waals surface area contributed by atoms with Crippen molar-refractivity contribution in [1.29, 1.82) is 0 Å². The SMILES string of the molecule is Brc1cnc2[nH]ccc2n1.CC(=O)NNc1cnc2c(ccn2S(C)(=O)=O)n1.CNNc1cnc2c(ccn2S(C)(=O)=O)n1.CS(=O)(=O)n1ccc2nc(Br)cnc21.CS(=O)(=O)n1ccc2nc(NN)cnc21.C[Si](C)(C)C#Cc1nc(Br)cnc1N.Cc1nnc2cnc3[nH]ccc3n12.Cc1nnc2n1C1C=CN(S(C)(=O)=O)C1N=C2.Nc1ncc(Br)nc1Br. The van der Waals surface area contributed by atoms with E-state index in [1.807, 2.05) is 53.4 Å². The molecule has 0 fully saturated rings. The Hall–Kier alpha value is -12.0. The van der Waals surface area contributed by atoms with Crippen molar-refractivity contribution in [3.63, 3.8) is 0 Å². The Morgan fingerprint density at radius 1 is 0.508 bits per heavy atom. The summed E-state index contributed by atoms with van der Waals surface area (Å²) in [5.41, 5.74) is 34.9. The minimum absolute atomic E-state index is 0.153. The fraction of sp³-hybridized carbons (Fsp3) is 0.209. The van der Waals surface area contributed by atoms with Gasteiger partial charge in [0.05, 0.1) is 98.6 Å². The second-order valence-electron chi connectivity index (χ2n) is 26.8. The molecule has 0 saturated carbocycles. The number of nitrogens with one attached hydrogen (secondary N) is 7. The predicted octanol–water partition coefficient (Wildman–Crippen LogP) is 5.96. The molecule has 0 spiro atoms. The van der Waals surface area contributed by atoms with Crippen molar-refractivity contribution in [2.75, 3.05) is 66.1 Å². The second kappa shape index (κ2) is 40.5. The third-order valence-electron chi connectivity index (χ3n) is 15.9. The second-order valence-corrected chi connectivity index (χ2v) is 44.9. The summed E-state index contributed by atoms with van der Waals surface area (Å²) in [4.78, 5) is 81.6. The number of aromatic amines is 2. The van der Waals surface area contributed by atoms with Crippen LogP contribution in [0, 0.1) is 25.3 Å². The molecule has 126 heavy (non-hydrogen) atoms. The van der Waals surface area contributed by atoms with Crippen molar-refractivity contribution < 1.29 is 46.9 Å². The maximum absolute atomic E-state index is 11.6. The Morgan fingerprint density at radius 2 is 0.960 bits per heavy atom. The Labute approximate surface area is 759 Å². The highest BCUT2D eigenvalue weighted by atomic mass is 79.9. The van der Waals surface area contributed by atoms with E-state index in [2.05, 4.69) is 248 Å². The molecule has 0 bridgehead atoms. The van der Waals surface area contributed by atoms with Crippen LogP contribution in [0.2, 0.25) is 19.6 Å². The van der Waals surface area contributed by atoms with Gasteiger partial charge < -0.3 is 32.3 Å². The van der Waals surface area contributed by atoms with Crippen LogP contribution < -0.4 is 44.4 Å². The van der Waals surface area contributed by atoms with E-state index in [-0.39, 0.29) is 23.2 Å². The number of hydrogen-bond acceptors (Lipinski definition) is 38. The third kappa shape index (κ3) is 25.2. The Morgan fingerprint density at radius 3 is 1.47 bits per heavy atom. The zero-order valence-corrected chi connectivity index (χ0v) is 80.7. The molecule has 18 rings (SSSR count). The smallest absolute Gasteiger partial charge is 0.237 e. The predicted molar refractivity (Wildman–Crippen MR) is 493 cm³/mol. The van der Waals surface area contributed by atoms with Crippen molar-refractivity contribution in [3.8, 4) is 11.5 Å². The van der Waals surface area contributed by atoms with Crippen LogP contribution in [0.25, 0.3) is 72.6 Å². The highest BCUT2D eigenvalue weighted by molar-refractivity contribution is 9.11. The Kier molecular flexibility index (Phi) is 31.0. The first-order valence-electron chi connectivity index (χ1n) is 35.4. The van der Waals surface area contributed by atoms with Crippen molar-refractivity contribution in [2.45, 2.75) is 52.6 Å². The number of carbonyl (C=O) groups excluding carboxylic acids is 1. The maximum atomic E-state index is 11.6. The fourth-order valence-corrected chi connectivity index (χ4v) is 16.6. The summed E-state index contributed by atoms with van der Waals surface area (Å²) < 4.78 is 127. The van der Waals surface area contributed by atoms with E-state index in [4.69, 9.17) is 17.3 Å². The molecule has 18 heterocycles. The van der Waals surface area contributed by atoms with Gasteiger partial charge in [-0.3, -0.25) is 33.9 Å². The summed E-state index contributed by atoms with van der Waals surface area (Å²) in [7, 11) is -16.3. The van der Waals surface area contributed by atoms with Gasteiger partial charge in [0.1, 0.15) is 70.3 Å². The normalized spacial score (nSPS) is 13.3. The van der Waals surface area contributed by atoms with Gasteiger partial charge in [0.25, 0.3) is 0 Å². The zero-order chi connectivity index (χ0) is 92.1. The average molecular weight is 2160 g/mol. The summed E-state index contributed by atoms with van der Waals surface area (Å²) in [5, 5.41) is 15.9. The number of H-pyrrole nitrogens is 2. The lowest BCUT2D eigenvalue weighted by molar-refractivity contribution is -0.118. The largest absolute Gasteiger partial charge is 0.381 e. The fourth-order valence-electron chi connectivity index (χ4n) is 10.6. The number of hydrogen-bond donors (Lipinski definition) is 10. The van der Waals surface area contributed by atoms with Gasteiger partial charge in [0.2, 0.25) is 56.0 Å². The van der Waals surface area contributed by atoms with E-state index >= 15 is 0 Å². The first-order valence-corrected chi connectivity index (χ1v) is 52.1. The van der Waals surface area contributed by atoms with Gasteiger partial charge in [0.15, 0.2) is 86.3 Å². The number of fused-ring (bicyclic) bond motifs is 11. The van der Waals surface area contributed by atoms with Gasteiger partial charge in [-0.1, -0.05) is 25.6 Å². The zero-order valence-electron chi connectivity index (χ0n) is 67.7. The molecule has 0 radical (unpaired) electrons. The van der Waals surface area contributed by atoms with Crippen molar-refractivity contribution in [2.24, 2.45) is 10.8 Å². The van der Waals surface area contributed by atoms with Crippen LogP contribution >= 0.6 is 79.6 Å². The van der Waals surface area contributed by atoms with Crippen LogP contribution in [0.5, 0.6) is 0 Å². The van der Waals surface area contributed by atoms with Gasteiger partial charge in [-0.2, -0.15) is 0 Å². The van der Waals surface area contributed by atoms with Crippen LogP contribution in [0.3, 0.4) is 0 Å². The molecule has 662 valence electrons. The summed E-state index contributed by atoms with van der Waals surface area (Å²) in [6.45, 7) is 11.6. The number of aliphatic imine (C=N–C) groups is 1. The van der Waals surface area contributed by atoms with Crippen molar-refractivity contribution >= 4 is 252 Å².